The van der Waals surface area contributed by atoms with Gasteiger partial charge in [-0.2, -0.15) is 0 Å². The van der Waals surface area contributed by atoms with Crippen LogP contribution in [0, 0.1) is 0 Å². The zero-order chi connectivity index (χ0) is 8.27. The molecule has 0 aliphatic rings. The topological polar surface area (TPSA) is 40.9 Å². The van der Waals surface area contributed by atoms with Gasteiger partial charge in [-0.3, -0.25) is 0 Å². The third kappa shape index (κ3) is 2.44. The van der Waals surface area contributed by atoms with E-state index < -0.39 is 6.04 Å². The number of Topliss-reactive ketones (excluding diaryl/α,β-unsaturated/α-hetero) is 1. The molecule has 0 fully saturated rings. The Kier molecular flexibility index (Phi) is 2.79. The molecule has 0 aliphatic carbocycles. The van der Waals surface area contributed by atoms with Crippen LogP contribution in [0.15, 0.2) is 17.5 Å². The van der Waals surface area contributed by atoms with Gasteiger partial charge in [0.1, 0.15) is 5.78 Å². The summed E-state index contributed by atoms with van der Waals surface area (Å²) in [6.07, 6.45) is 0.562. The number of thiophene rings is 1. The molecule has 3 heteroatoms. The van der Waals surface area contributed by atoms with Gasteiger partial charge in [-0.1, -0.05) is 12.1 Å². The first-order valence-electron chi connectivity index (χ1n) is 3.44. The van der Waals surface area contributed by atoms with Crippen molar-refractivity contribution < 1.29 is 4.79 Å². The lowest BCUT2D eigenvalue weighted by Gasteiger charge is -2.13. The van der Waals surface area contributed by atoms with Gasteiger partial charge in [-0.25, -0.2) is 0 Å². The van der Waals surface area contributed by atoms with Gasteiger partial charge in [0.2, 0.25) is 0 Å². The molecule has 1 unspecified atom stereocenters. The number of hydrogen-bond acceptors (Lipinski definition) is 2. The molecule has 1 atom stereocenters. The van der Waals surface area contributed by atoms with Gasteiger partial charge in [-0.15, -0.1) is 11.3 Å². The van der Waals surface area contributed by atoms with Crippen LogP contribution in [0.5, 0.6) is 0 Å². The van der Waals surface area contributed by atoms with E-state index in [2.05, 4.69) is 0 Å². The normalized spacial score (nSPS) is 12.9. The van der Waals surface area contributed by atoms with Gasteiger partial charge in [0, 0.05) is 4.88 Å². The van der Waals surface area contributed by atoms with Gasteiger partial charge in [0.25, 0.3) is 0 Å². The zero-order valence-electron chi connectivity index (χ0n) is 6.33. The molecule has 0 spiro atoms. The molecule has 0 aliphatic heterocycles. The van der Waals surface area contributed by atoms with Crippen LogP contribution in [-0.2, 0) is 11.2 Å². The van der Waals surface area contributed by atoms with E-state index >= 15 is 0 Å². The van der Waals surface area contributed by atoms with Gasteiger partial charge in [0.15, 0.2) is 0 Å². The molecule has 0 aromatic carbocycles. The summed E-state index contributed by atoms with van der Waals surface area (Å²) in [5, 5.41) is 1.96. The highest BCUT2D eigenvalue weighted by Crippen LogP contribution is 2.12. The van der Waals surface area contributed by atoms with Crippen molar-refractivity contribution in [1.29, 1.82) is 0 Å². The molecule has 0 saturated heterocycles. The summed E-state index contributed by atoms with van der Waals surface area (Å²) in [6.45, 7) is 1.46. The lowest BCUT2D eigenvalue weighted by Crippen LogP contribution is -2.14. The first kappa shape index (κ1) is 8.43. The Hall–Kier alpha value is -0.670. The first-order valence-corrected chi connectivity index (χ1v) is 4.32. The molecule has 1 aromatic heterocycles. The van der Waals surface area contributed by atoms with Crippen molar-refractivity contribution in [3.05, 3.63) is 28.1 Å². The third-order valence-electron chi connectivity index (χ3n) is 1.48. The molecule has 0 amide bonds. The second-order valence-corrected chi connectivity index (χ2v) is 3.48. The molecule has 2 nitrogen and oxygen atoms in total. The minimum atomic E-state index is -0.575. The van der Waals surface area contributed by atoms with E-state index in [1.165, 1.54) is 6.92 Å². The first-order chi connectivity index (χ1) is 5.20. The number of ketones is 1. The Morgan fingerprint density at radius 1 is 1.82 bits per heavy atom. The maximum Gasteiger partial charge on any atom is 0.112 e. The van der Waals surface area contributed by atoms with Gasteiger partial charge in [0.05, 0.1) is 0 Å². The lowest BCUT2D eigenvalue weighted by atomic mass is 10.1. The monoisotopic (exact) mass is 168 g/mol. The van der Waals surface area contributed by atoms with E-state index in [0.717, 1.165) is 4.88 Å². The SMILES string of the molecule is CC(=O)C([NH-])Cc1cccs1. The highest BCUT2D eigenvalue weighted by molar-refractivity contribution is 7.09. The van der Waals surface area contributed by atoms with Crippen LogP contribution in [0.4, 0.5) is 0 Å². The maximum absolute atomic E-state index is 10.7. The lowest BCUT2D eigenvalue weighted by molar-refractivity contribution is -0.117. The summed E-state index contributed by atoms with van der Waals surface area (Å²) in [6, 6.07) is 3.32. The van der Waals surface area contributed by atoms with Crippen molar-refractivity contribution in [2.75, 3.05) is 0 Å². The highest BCUT2D eigenvalue weighted by Gasteiger charge is 2.01. The van der Waals surface area contributed by atoms with Gasteiger partial charge < -0.3 is 10.5 Å². The maximum atomic E-state index is 10.7. The molecular weight excluding hydrogens is 158 g/mol. The number of hydrogen-bond donors (Lipinski definition) is 0. The van der Waals surface area contributed by atoms with Crippen LogP contribution in [0.1, 0.15) is 11.8 Å². The summed E-state index contributed by atoms with van der Waals surface area (Å²) < 4.78 is 0. The van der Waals surface area contributed by atoms with E-state index in [1.54, 1.807) is 11.3 Å². The largest absolute Gasteiger partial charge is 0.668 e. The number of nitrogens with one attached hydrogen (secondary N) is 1. The fraction of sp³-hybridized carbons (Fsp3) is 0.375. The molecule has 0 bridgehead atoms. The third-order valence-corrected chi connectivity index (χ3v) is 2.37. The summed E-state index contributed by atoms with van der Waals surface area (Å²) in [5.74, 6) is -0.0570. The molecule has 1 N–H and O–H groups in total. The van der Waals surface area contributed by atoms with Crippen LogP contribution in [0.2, 0.25) is 0 Å². The molecule has 1 aromatic rings. The molecule has 1 heterocycles. The zero-order valence-corrected chi connectivity index (χ0v) is 7.15. The molecule has 1 rings (SSSR count). The van der Waals surface area contributed by atoms with Crippen molar-refractivity contribution in [3.8, 4) is 0 Å². The molecule has 60 valence electrons. The fourth-order valence-corrected chi connectivity index (χ4v) is 1.53. The Morgan fingerprint density at radius 3 is 3.00 bits per heavy atom. The molecule has 11 heavy (non-hydrogen) atoms. The van der Waals surface area contributed by atoms with Crippen molar-refractivity contribution in [3.63, 3.8) is 0 Å². The van der Waals surface area contributed by atoms with Crippen LogP contribution in [0.25, 0.3) is 5.73 Å². The van der Waals surface area contributed by atoms with E-state index in [1.807, 2.05) is 17.5 Å². The van der Waals surface area contributed by atoms with Crippen LogP contribution < -0.4 is 0 Å². The number of carbonyl (C=O) groups excluding carboxylic acids is 1. The summed E-state index contributed by atoms with van der Waals surface area (Å²) in [5.41, 5.74) is 7.36. The quantitative estimate of drug-likeness (QED) is 0.682. The van der Waals surface area contributed by atoms with Crippen molar-refractivity contribution in [1.82, 2.24) is 0 Å². The van der Waals surface area contributed by atoms with E-state index in [9.17, 15) is 4.79 Å². The van der Waals surface area contributed by atoms with Crippen LogP contribution in [-0.4, -0.2) is 11.8 Å². The van der Waals surface area contributed by atoms with E-state index in [0.29, 0.717) is 6.42 Å². The van der Waals surface area contributed by atoms with Gasteiger partial charge in [-0.05, 0) is 24.8 Å². The number of rotatable bonds is 3. The second kappa shape index (κ2) is 3.64. The Balaban J connectivity index is 2.50. The summed E-state index contributed by atoms with van der Waals surface area (Å²) in [7, 11) is 0. The van der Waals surface area contributed by atoms with Crippen molar-refractivity contribution in [2.45, 2.75) is 19.4 Å². The standard InChI is InChI=1S/C8H10NOS/c1-6(10)8(9)5-7-3-2-4-11-7/h2-4,8-9H,5H2,1H3/q-1. The fourth-order valence-electron chi connectivity index (χ4n) is 0.774. The Labute approximate surface area is 70.0 Å². The smallest absolute Gasteiger partial charge is 0.112 e. The summed E-state index contributed by atoms with van der Waals surface area (Å²) in [4.78, 5) is 11.8. The predicted octanol–water partition coefficient (Wildman–Crippen LogP) is 2.30. The van der Waals surface area contributed by atoms with Crippen LogP contribution in [0.3, 0.4) is 0 Å². The predicted molar refractivity (Wildman–Crippen MR) is 46.8 cm³/mol. The van der Waals surface area contributed by atoms with Gasteiger partial charge >= 0.3 is 0 Å². The average Bonchev–Trinajstić information content (AvgIpc) is 2.39. The molecular formula is C8H10NOS-. The minimum Gasteiger partial charge on any atom is -0.668 e. The average molecular weight is 168 g/mol. The Bertz CT molecular complexity index is 230. The minimum absolute atomic E-state index is 0.0570. The second-order valence-electron chi connectivity index (χ2n) is 2.45. The number of carbonyl (C=O) groups is 1. The Morgan fingerprint density at radius 2 is 2.55 bits per heavy atom. The summed E-state index contributed by atoms with van der Waals surface area (Å²) >= 11 is 1.60. The van der Waals surface area contributed by atoms with Crippen molar-refractivity contribution in [2.24, 2.45) is 0 Å². The van der Waals surface area contributed by atoms with Crippen molar-refractivity contribution >= 4 is 17.1 Å². The molecule has 0 radical (unpaired) electrons. The molecule has 0 saturated carbocycles. The van der Waals surface area contributed by atoms with E-state index in [4.69, 9.17) is 5.73 Å². The van der Waals surface area contributed by atoms with Crippen LogP contribution >= 0.6 is 11.3 Å². The highest BCUT2D eigenvalue weighted by atomic mass is 32.1. The van der Waals surface area contributed by atoms with E-state index in [-0.39, 0.29) is 5.78 Å².